The third kappa shape index (κ3) is 37.7. The minimum Gasteiger partial charge on any atom is -0.462 e. The average Bonchev–Trinajstić information content (AvgIpc) is 3.11. The van der Waals surface area contributed by atoms with Crippen molar-refractivity contribution in [2.24, 2.45) is 0 Å². The molecule has 6 heteroatoms. The lowest BCUT2D eigenvalue weighted by atomic mass is 10.0. The fourth-order valence-electron chi connectivity index (χ4n) is 6.50. The summed E-state index contributed by atoms with van der Waals surface area (Å²) in [5.74, 6) is -0.868. The Hall–Kier alpha value is -1.59. The molecule has 1 atom stereocenters. The van der Waals surface area contributed by atoms with E-state index in [-0.39, 0.29) is 31.1 Å². The van der Waals surface area contributed by atoms with Crippen LogP contribution in [0.5, 0.6) is 0 Å². The summed E-state index contributed by atoms with van der Waals surface area (Å²) in [6.45, 7) is 6.56. The van der Waals surface area contributed by atoms with E-state index in [0.717, 1.165) is 64.2 Å². The van der Waals surface area contributed by atoms with Crippen LogP contribution in [0, 0.1) is 0 Å². The molecule has 0 aliphatic heterocycles. The second-order valence-electron chi connectivity index (χ2n) is 15.0. The Labute approximate surface area is 310 Å². The van der Waals surface area contributed by atoms with Gasteiger partial charge in [-0.2, -0.15) is 0 Å². The van der Waals surface area contributed by atoms with E-state index >= 15 is 0 Å². The SMILES string of the molecule is CCCCCCCCCCCCCCCCCCC(=O)O[C@@H](COC(=O)CCCCCCC)COC(=O)CCCCCCCCCCCCC. The first-order valence-corrected chi connectivity index (χ1v) is 22.0. The summed E-state index contributed by atoms with van der Waals surface area (Å²) in [6.07, 6.45) is 39.7. The van der Waals surface area contributed by atoms with E-state index in [1.54, 1.807) is 0 Å². The van der Waals surface area contributed by atoms with Crippen LogP contribution in [0.4, 0.5) is 0 Å². The van der Waals surface area contributed by atoms with E-state index in [1.165, 1.54) is 141 Å². The standard InChI is InChI=1S/C44H84O6/c1-4-7-10-13-15-17-19-20-21-22-23-25-27-29-32-35-38-44(47)50-41(39-48-42(45)36-33-30-12-9-6-3)40-49-43(46)37-34-31-28-26-24-18-16-14-11-8-5-2/h41H,4-40H2,1-3H3/t41-/m0/s1. The molecule has 0 rings (SSSR count). The second-order valence-corrected chi connectivity index (χ2v) is 15.0. The molecular formula is C44H84O6. The van der Waals surface area contributed by atoms with Crippen LogP contribution in [0.25, 0.3) is 0 Å². The summed E-state index contributed by atoms with van der Waals surface area (Å²) in [5.41, 5.74) is 0. The highest BCUT2D eigenvalue weighted by atomic mass is 16.6. The first-order chi connectivity index (χ1) is 24.5. The fourth-order valence-corrected chi connectivity index (χ4v) is 6.50. The van der Waals surface area contributed by atoms with Crippen molar-refractivity contribution < 1.29 is 28.6 Å². The van der Waals surface area contributed by atoms with Crippen LogP contribution in [0.3, 0.4) is 0 Å². The largest absolute Gasteiger partial charge is 0.462 e. The second kappa shape index (κ2) is 40.2. The summed E-state index contributed by atoms with van der Waals surface area (Å²) in [6, 6.07) is 0. The van der Waals surface area contributed by atoms with E-state index < -0.39 is 6.10 Å². The van der Waals surface area contributed by atoms with Gasteiger partial charge in [-0.3, -0.25) is 14.4 Å². The van der Waals surface area contributed by atoms with E-state index in [1.807, 2.05) is 0 Å². The summed E-state index contributed by atoms with van der Waals surface area (Å²) in [5, 5.41) is 0. The highest BCUT2D eigenvalue weighted by Gasteiger charge is 2.19. The zero-order chi connectivity index (χ0) is 36.6. The molecule has 0 aromatic rings. The number of carbonyl (C=O) groups excluding carboxylic acids is 3. The van der Waals surface area contributed by atoms with Crippen molar-refractivity contribution in [2.45, 2.75) is 252 Å². The Morgan fingerprint density at radius 1 is 0.320 bits per heavy atom. The zero-order valence-electron chi connectivity index (χ0n) is 33.7. The Bertz CT molecular complexity index is 738. The van der Waals surface area contributed by atoms with Crippen LogP contribution < -0.4 is 0 Å². The summed E-state index contributed by atoms with van der Waals surface area (Å²) < 4.78 is 16.6. The lowest BCUT2D eigenvalue weighted by molar-refractivity contribution is -0.167. The van der Waals surface area contributed by atoms with Crippen LogP contribution in [0.1, 0.15) is 245 Å². The topological polar surface area (TPSA) is 78.9 Å². The molecule has 0 amide bonds. The van der Waals surface area contributed by atoms with Gasteiger partial charge in [0.05, 0.1) is 0 Å². The molecule has 0 bridgehead atoms. The molecule has 0 unspecified atom stereocenters. The van der Waals surface area contributed by atoms with Gasteiger partial charge in [-0.05, 0) is 19.3 Å². The number of hydrogen-bond donors (Lipinski definition) is 0. The fraction of sp³-hybridized carbons (Fsp3) is 0.932. The molecule has 50 heavy (non-hydrogen) atoms. The van der Waals surface area contributed by atoms with Crippen LogP contribution in [-0.2, 0) is 28.6 Å². The van der Waals surface area contributed by atoms with E-state index in [2.05, 4.69) is 20.8 Å². The molecular weight excluding hydrogens is 624 g/mol. The molecule has 0 saturated carbocycles. The predicted octanol–water partition coefficient (Wildman–Crippen LogP) is 13.7. The number of hydrogen-bond acceptors (Lipinski definition) is 6. The Balaban J connectivity index is 4.18. The van der Waals surface area contributed by atoms with Crippen molar-refractivity contribution in [3.05, 3.63) is 0 Å². The van der Waals surface area contributed by atoms with Gasteiger partial charge in [0, 0.05) is 19.3 Å². The quantitative estimate of drug-likeness (QED) is 0.0358. The summed E-state index contributed by atoms with van der Waals surface area (Å²) >= 11 is 0. The van der Waals surface area contributed by atoms with Gasteiger partial charge < -0.3 is 14.2 Å². The molecule has 0 saturated heterocycles. The Morgan fingerprint density at radius 3 is 0.800 bits per heavy atom. The highest BCUT2D eigenvalue weighted by molar-refractivity contribution is 5.71. The monoisotopic (exact) mass is 709 g/mol. The molecule has 0 fully saturated rings. The van der Waals surface area contributed by atoms with Crippen LogP contribution in [-0.4, -0.2) is 37.2 Å². The molecule has 0 aromatic heterocycles. The molecule has 0 N–H and O–H groups in total. The maximum atomic E-state index is 12.6. The van der Waals surface area contributed by atoms with Gasteiger partial charge in [-0.1, -0.05) is 207 Å². The van der Waals surface area contributed by atoms with Gasteiger partial charge in [-0.15, -0.1) is 0 Å². The van der Waals surface area contributed by atoms with Crippen LogP contribution >= 0.6 is 0 Å². The predicted molar refractivity (Wildman–Crippen MR) is 210 cm³/mol. The van der Waals surface area contributed by atoms with Gasteiger partial charge in [0.25, 0.3) is 0 Å². The number of rotatable bonds is 40. The average molecular weight is 709 g/mol. The van der Waals surface area contributed by atoms with E-state index in [0.29, 0.717) is 19.3 Å². The van der Waals surface area contributed by atoms with Crippen molar-refractivity contribution >= 4 is 17.9 Å². The number of ether oxygens (including phenoxy) is 3. The van der Waals surface area contributed by atoms with E-state index in [9.17, 15) is 14.4 Å². The number of carbonyl (C=O) groups is 3. The number of esters is 3. The minimum atomic E-state index is -0.756. The first-order valence-electron chi connectivity index (χ1n) is 22.0. The maximum Gasteiger partial charge on any atom is 0.306 e. The molecule has 0 heterocycles. The van der Waals surface area contributed by atoms with Crippen LogP contribution in [0.15, 0.2) is 0 Å². The molecule has 0 aliphatic rings. The van der Waals surface area contributed by atoms with Gasteiger partial charge in [0.15, 0.2) is 6.10 Å². The van der Waals surface area contributed by atoms with Crippen molar-refractivity contribution in [3.63, 3.8) is 0 Å². The van der Waals surface area contributed by atoms with Crippen molar-refractivity contribution in [1.29, 1.82) is 0 Å². The lowest BCUT2D eigenvalue weighted by Crippen LogP contribution is -2.30. The maximum absolute atomic E-state index is 12.6. The lowest BCUT2D eigenvalue weighted by Gasteiger charge is -2.18. The molecule has 296 valence electrons. The van der Waals surface area contributed by atoms with E-state index in [4.69, 9.17) is 14.2 Å². The normalized spacial score (nSPS) is 11.8. The van der Waals surface area contributed by atoms with Gasteiger partial charge in [0.2, 0.25) is 0 Å². The molecule has 0 radical (unpaired) electrons. The zero-order valence-corrected chi connectivity index (χ0v) is 33.7. The first kappa shape index (κ1) is 48.4. The summed E-state index contributed by atoms with van der Waals surface area (Å²) in [7, 11) is 0. The smallest absolute Gasteiger partial charge is 0.306 e. The summed E-state index contributed by atoms with van der Waals surface area (Å²) in [4.78, 5) is 37.4. The van der Waals surface area contributed by atoms with Gasteiger partial charge in [0.1, 0.15) is 13.2 Å². The van der Waals surface area contributed by atoms with Crippen molar-refractivity contribution in [3.8, 4) is 0 Å². The van der Waals surface area contributed by atoms with Gasteiger partial charge in [-0.25, -0.2) is 0 Å². The van der Waals surface area contributed by atoms with Gasteiger partial charge >= 0.3 is 17.9 Å². The van der Waals surface area contributed by atoms with Crippen molar-refractivity contribution in [1.82, 2.24) is 0 Å². The molecule has 6 nitrogen and oxygen atoms in total. The highest BCUT2D eigenvalue weighted by Crippen LogP contribution is 2.16. The Kier molecular flexibility index (Phi) is 38.9. The van der Waals surface area contributed by atoms with Crippen LogP contribution in [0.2, 0.25) is 0 Å². The van der Waals surface area contributed by atoms with Crippen molar-refractivity contribution in [2.75, 3.05) is 13.2 Å². The molecule has 0 spiro atoms. The number of unbranched alkanes of at least 4 members (excludes halogenated alkanes) is 29. The Morgan fingerprint density at radius 2 is 0.540 bits per heavy atom. The third-order valence-electron chi connectivity index (χ3n) is 9.86. The molecule has 0 aliphatic carbocycles. The molecule has 0 aromatic carbocycles. The minimum absolute atomic E-state index is 0.0641. The third-order valence-corrected chi connectivity index (χ3v) is 9.86.